The zero-order valence-corrected chi connectivity index (χ0v) is 9.46. The van der Waals surface area contributed by atoms with Gasteiger partial charge in [0, 0.05) is 5.69 Å². The Bertz CT molecular complexity index is 686. The Kier molecular flexibility index (Phi) is 2.11. The number of fused-ring (bicyclic) bond motifs is 1. The molecular formula is C14H12N2O. The molecule has 0 fully saturated rings. The number of nitrogens with zero attached hydrogens (tertiary/aromatic N) is 2. The Morgan fingerprint density at radius 3 is 2.71 bits per heavy atom. The average Bonchev–Trinajstić information content (AvgIpc) is 2.75. The highest BCUT2D eigenvalue weighted by atomic mass is 16.3. The van der Waals surface area contributed by atoms with Gasteiger partial charge in [0.15, 0.2) is 0 Å². The lowest BCUT2D eigenvalue weighted by molar-refractivity contribution is 0.477. The number of imidazole rings is 1. The van der Waals surface area contributed by atoms with E-state index < -0.39 is 0 Å². The number of rotatable bonds is 1. The minimum atomic E-state index is 0.253. The molecule has 2 heterocycles. The van der Waals surface area contributed by atoms with Crippen molar-refractivity contribution in [2.45, 2.75) is 6.92 Å². The van der Waals surface area contributed by atoms with Gasteiger partial charge >= 0.3 is 0 Å². The van der Waals surface area contributed by atoms with Gasteiger partial charge in [-0.2, -0.15) is 0 Å². The molecule has 1 N–H and O–H groups in total. The molecule has 0 unspecified atom stereocenters. The lowest BCUT2D eigenvalue weighted by atomic mass is 10.2. The number of aryl methyl sites for hydroxylation is 1. The number of hydrogen-bond donors (Lipinski definition) is 1. The predicted octanol–water partition coefficient (Wildman–Crippen LogP) is 3.02. The van der Waals surface area contributed by atoms with E-state index in [1.165, 1.54) is 0 Å². The Morgan fingerprint density at radius 2 is 1.88 bits per heavy atom. The van der Waals surface area contributed by atoms with Gasteiger partial charge in [-0.05, 0) is 31.2 Å². The Morgan fingerprint density at radius 1 is 1.06 bits per heavy atom. The van der Waals surface area contributed by atoms with Gasteiger partial charge in [-0.1, -0.05) is 18.2 Å². The predicted molar refractivity (Wildman–Crippen MR) is 67.0 cm³/mol. The summed E-state index contributed by atoms with van der Waals surface area (Å²) < 4.78 is 2.04. The summed E-state index contributed by atoms with van der Waals surface area (Å²) in [4.78, 5) is 4.39. The van der Waals surface area contributed by atoms with Crippen LogP contribution in [0.3, 0.4) is 0 Å². The van der Waals surface area contributed by atoms with E-state index in [1.54, 1.807) is 6.07 Å². The standard InChI is InChI=1S/C14H12N2O/c1-10-5-4-6-11-9-15-14(16(10)11)12-7-2-3-8-13(12)17/h2-9,17H,1H3. The summed E-state index contributed by atoms with van der Waals surface area (Å²) in [5.41, 5.74) is 2.88. The number of aromatic nitrogens is 2. The number of phenolic OH excluding ortho intramolecular Hbond substituents is 1. The summed E-state index contributed by atoms with van der Waals surface area (Å²) in [6.07, 6.45) is 1.81. The molecule has 1 aromatic carbocycles. The van der Waals surface area contributed by atoms with Crippen LogP contribution in [0.5, 0.6) is 5.75 Å². The summed E-state index contributed by atoms with van der Waals surface area (Å²) in [6.45, 7) is 2.03. The molecule has 0 spiro atoms. The number of benzene rings is 1. The van der Waals surface area contributed by atoms with E-state index in [9.17, 15) is 5.11 Å². The molecule has 0 bridgehead atoms. The largest absolute Gasteiger partial charge is 0.507 e. The van der Waals surface area contributed by atoms with Crippen LogP contribution in [-0.2, 0) is 0 Å². The van der Waals surface area contributed by atoms with Gasteiger partial charge in [-0.15, -0.1) is 0 Å². The first-order valence-electron chi connectivity index (χ1n) is 5.49. The summed E-state index contributed by atoms with van der Waals surface area (Å²) in [7, 11) is 0. The highest BCUT2D eigenvalue weighted by Gasteiger charge is 2.10. The zero-order valence-electron chi connectivity index (χ0n) is 9.46. The molecular weight excluding hydrogens is 212 g/mol. The van der Waals surface area contributed by atoms with Crippen molar-refractivity contribution in [1.29, 1.82) is 0 Å². The first kappa shape index (κ1) is 9.90. The third-order valence-electron chi connectivity index (χ3n) is 2.89. The van der Waals surface area contributed by atoms with Crippen molar-refractivity contribution in [2.75, 3.05) is 0 Å². The number of aromatic hydroxyl groups is 1. The Balaban J connectivity index is 2.36. The molecule has 0 aliphatic rings. The third-order valence-corrected chi connectivity index (χ3v) is 2.89. The van der Waals surface area contributed by atoms with E-state index in [2.05, 4.69) is 4.98 Å². The summed E-state index contributed by atoms with van der Waals surface area (Å²) in [5.74, 6) is 1.03. The van der Waals surface area contributed by atoms with Crippen molar-refractivity contribution < 1.29 is 5.11 Å². The van der Waals surface area contributed by atoms with Gasteiger partial charge in [0.2, 0.25) is 0 Å². The maximum atomic E-state index is 9.88. The average molecular weight is 224 g/mol. The van der Waals surface area contributed by atoms with E-state index in [0.717, 1.165) is 22.6 Å². The van der Waals surface area contributed by atoms with Crippen LogP contribution < -0.4 is 0 Å². The van der Waals surface area contributed by atoms with Crippen molar-refractivity contribution in [2.24, 2.45) is 0 Å². The summed E-state index contributed by atoms with van der Waals surface area (Å²) in [5, 5.41) is 9.88. The summed E-state index contributed by atoms with van der Waals surface area (Å²) in [6, 6.07) is 13.3. The second-order valence-electron chi connectivity index (χ2n) is 4.03. The fourth-order valence-corrected chi connectivity index (χ4v) is 2.07. The van der Waals surface area contributed by atoms with Gasteiger partial charge < -0.3 is 5.11 Å². The van der Waals surface area contributed by atoms with Crippen LogP contribution >= 0.6 is 0 Å². The highest BCUT2D eigenvalue weighted by molar-refractivity contribution is 5.68. The van der Waals surface area contributed by atoms with Gasteiger partial charge in [0.25, 0.3) is 0 Å². The molecule has 0 amide bonds. The molecule has 0 saturated heterocycles. The quantitative estimate of drug-likeness (QED) is 0.690. The SMILES string of the molecule is Cc1cccc2cnc(-c3ccccc3O)n12. The van der Waals surface area contributed by atoms with E-state index in [1.807, 2.05) is 53.9 Å². The number of hydrogen-bond acceptors (Lipinski definition) is 2. The van der Waals surface area contributed by atoms with Crippen molar-refractivity contribution in [3.05, 3.63) is 54.4 Å². The van der Waals surface area contributed by atoms with Crippen molar-refractivity contribution >= 4 is 5.52 Å². The molecule has 0 saturated carbocycles. The van der Waals surface area contributed by atoms with Crippen LogP contribution in [0.1, 0.15) is 5.69 Å². The van der Waals surface area contributed by atoms with E-state index in [0.29, 0.717) is 0 Å². The fraction of sp³-hybridized carbons (Fsp3) is 0.0714. The van der Waals surface area contributed by atoms with Gasteiger partial charge in [-0.25, -0.2) is 4.98 Å². The second kappa shape index (κ2) is 3.63. The van der Waals surface area contributed by atoms with Crippen LogP contribution in [0.4, 0.5) is 0 Å². The molecule has 0 atom stereocenters. The maximum Gasteiger partial charge on any atom is 0.148 e. The molecule has 2 aromatic heterocycles. The minimum Gasteiger partial charge on any atom is -0.507 e. The van der Waals surface area contributed by atoms with E-state index in [4.69, 9.17) is 0 Å². The monoisotopic (exact) mass is 224 g/mol. The number of phenols is 1. The smallest absolute Gasteiger partial charge is 0.148 e. The zero-order chi connectivity index (χ0) is 11.8. The molecule has 0 aliphatic carbocycles. The molecule has 3 aromatic rings. The molecule has 0 radical (unpaired) electrons. The third kappa shape index (κ3) is 1.47. The molecule has 3 nitrogen and oxygen atoms in total. The normalized spacial score (nSPS) is 10.9. The number of para-hydroxylation sites is 1. The van der Waals surface area contributed by atoms with Crippen LogP contribution in [-0.4, -0.2) is 14.5 Å². The highest BCUT2D eigenvalue weighted by Crippen LogP contribution is 2.28. The maximum absolute atomic E-state index is 9.88. The lowest BCUT2D eigenvalue weighted by Gasteiger charge is -2.06. The Hall–Kier alpha value is -2.29. The minimum absolute atomic E-state index is 0.253. The van der Waals surface area contributed by atoms with Crippen molar-refractivity contribution in [1.82, 2.24) is 9.38 Å². The van der Waals surface area contributed by atoms with Gasteiger partial charge in [-0.3, -0.25) is 4.40 Å². The molecule has 0 aliphatic heterocycles. The fourth-order valence-electron chi connectivity index (χ4n) is 2.07. The van der Waals surface area contributed by atoms with E-state index in [-0.39, 0.29) is 5.75 Å². The van der Waals surface area contributed by atoms with Crippen LogP contribution in [0.25, 0.3) is 16.9 Å². The Labute approximate surface area is 99.0 Å². The molecule has 3 heteroatoms. The van der Waals surface area contributed by atoms with Crippen molar-refractivity contribution in [3.8, 4) is 17.1 Å². The number of pyridine rings is 1. The first-order chi connectivity index (χ1) is 8.27. The van der Waals surface area contributed by atoms with Crippen molar-refractivity contribution in [3.63, 3.8) is 0 Å². The molecule has 84 valence electrons. The molecule has 17 heavy (non-hydrogen) atoms. The molecule has 3 rings (SSSR count). The second-order valence-corrected chi connectivity index (χ2v) is 4.03. The lowest BCUT2D eigenvalue weighted by Crippen LogP contribution is -1.93. The van der Waals surface area contributed by atoms with Gasteiger partial charge in [0.05, 0.1) is 17.3 Å². The van der Waals surface area contributed by atoms with Crippen LogP contribution in [0.2, 0.25) is 0 Å². The first-order valence-corrected chi connectivity index (χ1v) is 5.49. The van der Waals surface area contributed by atoms with Gasteiger partial charge in [0.1, 0.15) is 11.6 Å². The van der Waals surface area contributed by atoms with E-state index >= 15 is 0 Å². The summed E-state index contributed by atoms with van der Waals surface area (Å²) >= 11 is 0. The topological polar surface area (TPSA) is 37.5 Å². The van der Waals surface area contributed by atoms with Crippen LogP contribution in [0, 0.1) is 6.92 Å². The van der Waals surface area contributed by atoms with Crippen LogP contribution in [0.15, 0.2) is 48.7 Å².